The lowest BCUT2D eigenvalue weighted by molar-refractivity contribution is -0.0531. The van der Waals surface area contributed by atoms with Crippen molar-refractivity contribution in [2.75, 3.05) is 0 Å². The first-order valence-electron chi connectivity index (χ1n) is 8.33. The highest BCUT2D eigenvalue weighted by atomic mass is 16.5. The van der Waals surface area contributed by atoms with Crippen molar-refractivity contribution in [1.29, 1.82) is 5.26 Å². The van der Waals surface area contributed by atoms with Gasteiger partial charge in [-0.15, -0.1) is 0 Å². The zero-order chi connectivity index (χ0) is 12.9. The van der Waals surface area contributed by atoms with E-state index in [9.17, 15) is 5.26 Å². The number of fused-ring (bicyclic) bond motifs is 2. The van der Waals surface area contributed by atoms with Gasteiger partial charge in [0.05, 0.1) is 23.2 Å². The molecule has 0 aromatic carbocycles. The third-order valence-electron chi connectivity index (χ3n) is 6.64. The Bertz CT molecular complexity index is 406. The minimum atomic E-state index is -0.0162. The maximum Gasteiger partial charge on any atom is 0.0693 e. The second kappa shape index (κ2) is 4.22. The highest BCUT2D eigenvalue weighted by Crippen LogP contribution is 2.59. The fourth-order valence-electron chi connectivity index (χ4n) is 5.71. The van der Waals surface area contributed by atoms with Crippen LogP contribution >= 0.6 is 0 Å². The predicted octanol–water partition coefficient (Wildman–Crippen LogP) is 4.20. The molecule has 0 radical (unpaired) electrons. The lowest BCUT2D eigenvalue weighted by Crippen LogP contribution is -2.32. The molecule has 3 aliphatic carbocycles. The molecule has 4 aliphatic rings. The standard InChI is InChI=1S/C17H25NO/c18-12-16(10-13-3-4-14(16)9-13)11-15-5-8-17(19-15)6-1-2-7-17/h13-15H,1-11H2. The molecular formula is C17H25NO. The monoisotopic (exact) mass is 259 g/mol. The molecule has 1 spiro atoms. The van der Waals surface area contributed by atoms with Crippen LogP contribution in [0.1, 0.15) is 70.6 Å². The summed E-state index contributed by atoms with van der Waals surface area (Å²) in [4.78, 5) is 0. The molecular weight excluding hydrogens is 234 g/mol. The summed E-state index contributed by atoms with van der Waals surface area (Å²) in [5, 5.41) is 9.75. The van der Waals surface area contributed by atoms with Gasteiger partial charge >= 0.3 is 0 Å². The number of ether oxygens (including phenoxy) is 1. The van der Waals surface area contributed by atoms with Crippen molar-refractivity contribution in [3.05, 3.63) is 0 Å². The van der Waals surface area contributed by atoms with E-state index in [1.54, 1.807) is 0 Å². The largest absolute Gasteiger partial charge is 0.372 e. The first kappa shape index (κ1) is 12.2. The minimum Gasteiger partial charge on any atom is -0.372 e. The molecule has 4 fully saturated rings. The zero-order valence-electron chi connectivity index (χ0n) is 11.9. The number of nitriles is 1. The average molecular weight is 259 g/mol. The summed E-state index contributed by atoms with van der Waals surface area (Å²) in [5.74, 6) is 1.54. The van der Waals surface area contributed by atoms with Crippen molar-refractivity contribution in [3.63, 3.8) is 0 Å². The van der Waals surface area contributed by atoms with E-state index in [-0.39, 0.29) is 11.0 Å². The Morgan fingerprint density at radius 2 is 1.95 bits per heavy atom. The van der Waals surface area contributed by atoms with Gasteiger partial charge < -0.3 is 4.74 Å². The second-order valence-corrected chi connectivity index (χ2v) is 7.72. The van der Waals surface area contributed by atoms with Crippen molar-refractivity contribution in [1.82, 2.24) is 0 Å². The van der Waals surface area contributed by atoms with Gasteiger partial charge in [-0.3, -0.25) is 0 Å². The van der Waals surface area contributed by atoms with E-state index in [0.29, 0.717) is 12.0 Å². The molecule has 19 heavy (non-hydrogen) atoms. The Hall–Kier alpha value is -0.550. The molecule has 1 heterocycles. The number of hydrogen-bond donors (Lipinski definition) is 0. The summed E-state index contributed by atoms with van der Waals surface area (Å²) in [6, 6.07) is 2.73. The minimum absolute atomic E-state index is 0.0162. The van der Waals surface area contributed by atoms with Crippen molar-refractivity contribution < 1.29 is 4.74 Å². The number of rotatable bonds is 2. The van der Waals surface area contributed by atoms with E-state index in [1.807, 2.05) is 0 Å². The molecule has 2 bridgehead atoms. The van der Waals surface area contributed by atoms with Crippen LogP contribution < -0.4 is 0 Å². The Balaban J connectivity index is 1.46. The molecule has 3 saturated carbocycles. The summed E-state index contributed by atoms with van der Waals surface area (Å²) >= 11 is 0. The van der Waals surface area contributed by atoms with Gasteiger partial charge in [-0.2, -0.15) is 5.26 Å². The molecule has 0 aromatic heterocycles. The first-order chi connectivity index (χ1) is 9.24. The maximum absolute atomic E-state index is 9.75. The molecule has 4 rings (SSSR count). The number of hydrogen-bond acceptors (Lipinski definition) is 2. The Morgan fingerprint density at radius 3 is 2.58 bits per heavy atom. The summed E-state index contributed by atoms with van der Waals surface area (Å²) < 4.78 is 6.46. The third kappa shape index (κ3) is 1.85. The molecule has 2 nitrogen and oxygen atoms in total. The Morgan fingerprint density at radius 1 is 1.11 bits per heavy atom. The Labute approximate surface area is 116 Å². The van der Waals surface area contributed by atoms with Crippen LogP contribution in [0.3, 0.4) is 0 Å². The van der Waals surface area contributed by atoms with Crippen LogP contribution in [0, 0.1) is 28.6 Å². The first-order valence-corrected chi connectivity index (χ1v) is 8.33. The van der Waals surface area contributed by atoms with Crippen LogP contribution in [0.4, 0.5) is 0 Å². The van der Waals surface area contributed by atoms with Crippen LogP contribution in [-0.4, -0.2) is 11.7 Å². The van der Waals surface area contributed by atoms with Gasteiger partial charge in [0.25, 0.3) is 0 Å². The molecule has 2 heteroatoms. The maximum atomic E-state index is 9.75. The normalized spacial score (nSPS) is 47.0. The second-order valence-electron chi connectivity index (χ2n) is 7.72. The quantitative estimate of drug-likeness (QED) is 0.744. The van der Waals surface area contributed by atoms with Crippen molar-refractivity contribution in [2.45, 2.75) is 82.3 Å². The summed E-state index contributed by atoms with van der Waals surface area (Å²) in [6.07, 6.45) is 14.3. The van der Waals surface area contributed by atoms with Crippen LogP contribution in [-0.2, 0) is 4.74 Å². The van der Waals surface area contributed by atoms with Crippen LogP contribution in [0.25, 0.3) is 0 Å². The number of nitrogens with zero attached hydrogens (tertiary/aromatic N) is 1. The van der Waals surface area contributed by atoms with Gasteiger partial charge in [-0.1, -0.05) is 19.3 Å². The van der Waals surface area contributed by atoms with Crippen molar-refractivity contribution in [2.24, 2.45) is 17.3 Å². The zero-order valence-corrected chi connectivity index (χ0v) is 11.9. The van der Waals surface area contributed by atoms with Gasteiger partial charge in [0.1, 0.15) is 0 Å². The van der Waals surface area contributed by atoms with Crippen LogP contribution in [0.5, 0.6) is 0 Å². The molecule has 0 amide bonds. The van der Waals surface area contributed by atoms with Gasteiger partial charge in [0, 0.05) is 0 Å². The Kier molecular flexibility index (Phi) is 2.71. The van der Waals surface area contributed by atoms with Gasteiger partial charge in [0.2, 0.25) is 0 Å². The van der Waals surface area contributed by atoms with E-state index < -0.39 is 0 Å². The van der Waals surface area contributed by atoms with Gasteiger partial charge in [-0.25, -0.2) is 0 Å². The lowest BCUT2D eigenvalue weighted by Gasteiger charge is -2.34. The average Bonchev–Trinajstić information content (AvgIpc) is 3.17. The van der Waals surface area contributed by atoms with E-state index >= 15 is 0 Å². The smallest absolute Gasteiger partial charge is 0.0693 e. The molecule has 0 aromatic rings. The molecule has 1 aliphatic heterocycles. The molecule has 4 atom stereocenters. The van der Waals surface area contributed by atoms with Gasteiger partial charge in [-0.05, 0) is 63.2 Å². The molecule has 104 valence electrons. The highest BCUT2D eigenvalue weighted by molar-refractivity contribution is 5.13. The van der Waals surface area contributed by atoms with Crippen molar-refractivity contribution in [3.8, 4) is 6.07 Å². The third-order valence-corrected chi connectivity index (χ3v) is 6.64. The van der Waals surface area contributed by atoms with E-state index in [2.05, 4.69) is 6.07 Å². The van der Waals surface area contributed by atoms with Crippen LogP contribution in [0.15, 0.2) is 0 Å². The SMILES string of the molecule is N#CC1(CC2CCC3(CCCC3)O2)CC2CCC1C2. The van der Waals surface area contributed by atoms with E-state index in [0.717, 1.165) is 12.3 Å². The van der Waals surface area contributed by atoms with E-state index in [1.165, 1.54) is 64.2 Å². The fourth-order valence-corrected chi connectivity index (χ4v) is 5.71. The highest BCUT2D eigenvalue weighted by Gasteiger charge is 2.54. The predicted molar refractivity (Wildman–Crippen MR) is 73.4 cm³/mol. The summed E-state index contributed by atoms with van der Waals surface area (Å²) in [7, 11) is 0. The molecule has 0 N–H and O–H groups in total. The van der Waals surface area contributed by atoms with Crippen LogP contribution in [0.2, 0.25) is 0 Å². The summed E-state index contributed by atoms with van der Waals surface area (Å²) in [5.41, 5.74) is 0.219. The van der Waals surface area contributed by atoms with Crippen molar-refractivity contribution >= 4 is 0 Å². The molecule has 1 saturated heterocycles. The molecule has 4 unspecified atom stereocenters. The topological polar surface area (TPSA) is 33.0 Å². The fraction of sp³-hybridized carbons (Fsp3) is 0.941. The van der Waals surface area contributed by atoms with E-state index in [4.69, 9.17) is 4.74 Å². The lowest BCUT2D eigenvalue weighted by atomic mass is 9.70. The summed E-state index contributed by atoms with van der Waals surface area (Å²) in [6.45, 7) is 0. The van der Waals surface area contributed by atoms with Gasteiger partial charge in [0.15, 0.2) is 0 Å².